The number of hydrogen-bond acceptors (Lipinski definition) is 5. The van der Waals surface area contributed by atoms with Gasteiger partial charge in [0.15, 0.2) is 0 Å². The smallest absolute Gasteiger partial charge is 0.333 e. The van der Waals surface area contributed by atoms with Crippen molar-refractivity contribution in [2.45, 2.75) is 91.6 Å². The summed E-state index contributed by atoms with van der Waals surface area (Å²) in [5.74, 6) is -0.0891. The molecular formula is C22H34O5. The van der Waals surface area contributed by atoms with Gasteiger partial charge in [-0.25, -0.2) is 4.79 Å². The number of ether oxygens (including phenoxy) is 3. The molecule has 0 spiro atoms. The lowest BCUT2D eigenvalue weighted by molar-refractivity contribution is -0.152. The first-order valence-electron chi connectivity index (χ1n) is 9.94. The molecule has 5 heteroatoms. The van der Waals surface area contributed by atoms with Gasteiger partial charge < -0.3 is 14.2 Å². The Morgan fingerprint density at radius 2 is 1.96 bits per heavy atom. The lowest BCUT2D eigenvalue weighted by Gasteiger charge is -2.31. The van der Waals surface area contributed by atoms with E-state index in [2.05, 4.69) is 26.8 Å². The van der Waals surface area contributed by atoms with E-state index in [1.807, 2.05) is 13.8 Å². The molecule has 0 aromatic rings. The molecule has 1 fully saturated rings. The van der Waals surface area contributed by atoms with Crippen molar-refractivity contribution in [2.24, 2.45) is 11.8 Å². The second kappa shape index (κ2) is 8.59. The molecule has 0 amide bonds. The maximum Gasteiger partial charge on any atom is 0.333 e. The van der Waals surface area contributed by atoms with Crippen molar-refractivity contribution >= 4 is 11.9 Å². The van der Waals surface area contributed by atoms with E-state index in [1.165, 1.54) is 12.5 Å². The summed E-state index contributed by atoms with van der Waals surface area (Å²) in [5.41, 5.74) is 1.18. The summed E-state index contributed by atoms with van der Waals surface area (Å²) in [6, 6.07) is 0. The highest BCUT2D eigenvalue weighted by molar-refractivity contribution is 5.87. The number of epoxide rings is 1. The summed E-state index contributed by atoms with van der Waals surface area (Å²) >= 11 is 0. The van der Waals surface area contributed by atoms with E-state index in [4.69, 9.17) is 14.2 Å². The van der Waals surface area contributed by atoms with E-state index in [0.29, 0.717) is 17.9 Å². The number of hydrogen-bond donors (Lipinski definition) is 0. The van der Waals surface area contributed by atoms with E-state index < -0.39 is 11.7 Å². The first-order chi connectivity index (χ1) is 12.6. The van der Waals surface area contributed by atoms with Gasteiger partial charge in [0.1, 0.15) is 23.9 Å². The summed E-state index contributed by atoms with van der Waals surface area (Å²) in [4.78, 5) is 24.1. The first kappa shape index (κ1) is 21.7. The van der Waals surface area contributed by atoms with E-state index in [-0.39, 0.29) is 30.1 Å². The number of carbonyl (C=O) groups is 2. The van der Waals surface area contributed by atoms with Crippen LogP contribution in [0, 0.1) is 11.8 Å². The van der Waals surface area contributed by atoms with Crippen molar-refractivity contribution in [3.05, 3.63) is 23.3 Å². The molecule has 0 aromatic heterocycles. The average Bonchev–Trinajstić information content (AvgIpc) is 3.28. The average molecular weight is 379 g/mol. The number of esters is 2. The van der Waals surface area contributed by atoms with E-state index in [9.17, 15) is 9.59 Å². The fourth-order valence-electron chi connectivity index (χ4n) is 3.88. The zero-order chi connectivity index (χ0) is 20.4. The Balaban J connectivity index is 2.35. The quantitative estimate of drug-likeness (QED) is 0.315. The molecular weight excluding hydrogens is 344 g/mol. The fraction of sp³-hybridized carbons (Fsp3) is 0.727. The normalized spacial score (nSPS) is 36.3. The molecule has 2 rings (SSSR count). The van der Waals surface area contributed by atoms with Gasteiger partial charge in [0, 0.05) is 24.8 Å². The summed E-state index contributed by atoms with van der Waals surface area (Å²) in [7, 11) is 0. The molecule has 1 saturated heterocycles. The molecule has 1 heterocycles. The Morgan fingerprint density at radius 1 is 1.30 bits per heavy atom. The molecule has 1 aliphatic heterocycles. The lowest BCUT2D eigenvalue weighted by Crippen LogP contribution is -2.42. The van der Waals surface area contributed by atoms with Crippen molar-refractivity contribution in [3.63, 3.8) is 0 Å². The monoisotopic (exact) mass is 378 g/mol. The Bertz CT molecular complexity index is 633. The molecule has 2 aliphatic rings. The van der Waals surface area contributed by atoms with Gasteiger partial charge in [-0.3, -0.25) is 4.79 Å². The Hall–Kier alpha value is -1.62. The largest absolute Gasteiger partial charge is 0.459 e. The molecule has 0 unspecified atom stereocenters. The van der Waals surface area contributed by atoms with Crippen LogP contribution in [-0.4, -0.2) is 35.9 Å². The molecule has 0 N–H and O–H groups in total. The van der Waals surface area contributed by atoms with E-state index in [0.717, 1.165) is 12.8 Å². The predicted octanol–water partition coefficient (Wildman–Crippen LogP) is 4.36. The third-order valence-corrected chi connectivity index (χ3v) is 5.96. The van der Waals surface area contributed by atoms with Crippen LogP contribution in [-0.2, 0) is 23.8 Å². The molecule has 1 aliphatic carbocycles. The van der Waals surface area contributed by atoms with Crippen molar-refractivity contribution in [2.75, 3.05) is 0 Å². The van der Waals surface area contributed by atoms with Crippen LogP contribution >= 0.6 is 0 Å². The van der Waals surface area contributed by atoms with Crippen molar-refractivity contribution < 1.29 is 23.8 Å². The van der Waals surface area contributed by atoms with Gasteiger partial charge >= 0.3 is 11.9 Å². The van der Waals surface area contributed by atoms with Gasteiger partial charge in [0.2, 0.25) is 0 Å². The lowest BCUT2D eigenvalue weighted by atomic mass is 9.79. The Kier molecular flexibility index (Phi) is 6.90. The van der Waals surface area contributed by atoms with Crippen molar-refractivity contribution in [1.29, 1.82) is 0 Å². The zero-order valence-electron chi connectivity index (χ0n) is 17.7. The molecule has 0 bridgehead atoms. The van der Waals surface area contributed by atoms with Gasteiger partial charge in [-0.15, -0.1) is 0 Å². The standard InChI is InChI=1S/C22H34O5/c1-8-15(5)21(24)26-18-12-10-14(4)9-11-17(13(2)3)19(25-16(6)23)20-22(18,7)27-20/h8,10,13,17-20H,9,11-12H2,1-7H3/b14-10+,15-8-/t17-,18-,19+,20-,22+/m0/s1. The molecule has 5 atom stereocenters. The summed E-state index contributed by atoms with van der Waals surface area (Å²) in [6.07, 6.45) is 5.36. The minimum atomic E-state index is -0.648. The highest BCUT2D eigenvalue weighted by atomic mass is 16.7. The van der Waals surface area contributed by atoms with Gasteiger partial charge in [-0.05, 0) is 46.5 Å². The van der Waals surface area contributed by atoms with Crippen LogP contribution in [0.4, 0.5) is 0 Å². The molecule has 0 aromatic carbocycles. The maximum absolute atomic E-state index is 12.4. The number of fused-ring (bicyclic) bond motifs is 1. The minimum absolute atomic E-state index is 0.191. The minimum Gasteiger partial charge on any atom is -0.459 e. The van der Waals surface area contributed by atoms with Crippen LogP contribution in [0.15, 0.2) is 23.3 Å². The van der Waals surface area contributed by atoms with Crippen LogP contribution in [0.2, 0.25) is 0 Å². The van der Waals surface area contributed by atoms with Crippen LogP contribution in [0.3, 0.4) is 0 Å². The first-order valence-corrected chi connectivity index (χ1v) is 9.94. The third-order valence-electron chi connectivity index (χ3n) is 5.96. The van der Waals surface area contributed by atoms with Crippen LogP contribution in [0.5, 0.6) is 0 Å². The molecule has 5 nitrogen and oxygen atoms in total. The number of rotatable bonds is 4. The second-order valence-corrected chi connectivity index (χ2v) is 8.39. The van der Waals surface area contributed by atoms with Gasteiger partial charge in [0.05, 0.1) is 0 Å². The van der Waals surface area contributed by atoms with Crippen molar-refractivity contribution in [3.8, 4) is 0 Å². The molecule has 0 radical (unpaired) electrons. The summed E-state index contributed by atoms with van der Waals surface area (Å²) in [6.45, 7) is 13.4. The predicted molar refractivity (Wildman–Crippen MR) is 104 cm³/mol. The van der Waals surface area contributed by atoms with Crippen LogP contribution in [0.25, 0.3) is 0 Å². The maximum atomic E-state index is 12.4. The Morgan fingerprint density at radius 3 is 2.52 bits per heavy atom. The van der Waals surface area contributed by atoms with Crippen LogP contribution in [0.1, 0.15) is 67.7 Å². The highest BCUT2D eigenvalue weighted by Gasteiger charge is 2.64. The highest BCUT2D eigenvalue weighted by Crippen LogP contribution is 2.49. The van der Waals surface area contributed by atoms with Gasteiger partial charge in [-0.2, -0.15) is 0 Å². The van der Waals surface area contributed by atoms with E-state index in [1.54, 1.807) is 13.0 Å². The van der Waals surface area contributed by atoms with Crippen LogP contribution < -0.4 is 0 Å². The topological polar surface area (TPSA) is 65.1 Å². The zero-order valence-corrected chi connectivity index (χ0v) is 17.7. The fourth-order valence-corrected chi connectivity index (χ4v) is 3.88. The Labute approximate surface area is 163 Å². The van der Waals surface area contributed by atoms with Gasteiger partial charge in [0.25, 0.3) is 0 Å². The molecule has 152 valence electrons. The summed E-state index contributed by atoms with van der Waals surface area (Å²) < 4.78 is 17.6. The number of allylic oxidation sites excluding steroid dienone is 2. The molecule has 27 heavy (non-hydrogen) atoms. The second-order valence-electron chi connectivity index (χ2n) is 8.39. The van der Waals surface area contributed by atoms with Crippen molar-refractivity contribution in [1.82, 2.24) is 0 Å². The van der Waals surface area contributed by atoms with E-state index >= 15 is 0 Å². The SMILES string of the molecule is C/C=C(/C)C(=O)O[C@H]1C/C=C(\C)CC[C@@H](C(C)C)[C@@H](OC(C)=O)[C@@H]2O[C@]12C. The number of carbonyl (C=O) groups excluding carboxylic acids is 2. The third kappa shape index (κ3) is 5.01. The van der Waals surface area contributed by atoms with Gasteiger partial charge in [-0.1, -0.05) is 31.6 Å². The molecule has 0 saturated carbocycles. The summed E-state index contributed by atoms with van der Waals surface area (Å²) in [5, 5.41) is 0.